The number of ether oxygens (including phenoxy) is 1. The summed E-state index contributed by atoms with van der Waals surface area (Å²) >= 11 is 6.30. The van der Waals surface area contributed by atoms with E-state index in [2.05, 4.69) is 10.6 Å². The molecule has 3 unspecified atom stereocenters. The molecule has 10 nitrogen and oxygen atoms in total. The van der Waals surface area contributed by atoms with Crippen molar-refractivity contribution in [2.75, 3.05) is 25.5 Å². The standard InChI is InChI=1S/C30H33ClF3N3O7S/c1-15-8-17-10-19(13-20(15)30(17,41)14-35-28(39)24-4-3-7-37(24)29(40)44-2)45(42,43)25-9-16(5-6-21(25)31)27(38)36-18-11-22(32)26(34)23(33)12-18/h5-6,9,11-12,15,17,19-20,24,41H,3-4,7-8,10,13-14H2,1-2H3,(H,35,39)(H,36,38)/t15-,17?,19+,20?,24?,30+/m0/s1. The van der Waals surface area contributed by atoms with Crippen LogP contribution in [0.5, 0.6) is 0 Å². The Morgan fingerprint density at radius 3 is 2.44 bits per heavy atom. The van der Waals surface area contributed by atoms with E-state index in [1.165, 1.54) is 24.1 Å². The third-order valence-electron chi connectivity index (χ3n) is 9.45. The molecule has 5 rings (SSSR count). The van der Waals surface area contributed by atoms with E-state index in [9.17, 15) is 41.1 Å². The molecule has 6 atom stereocenters. The minimum atomic E-state index is -4.14. The first-order chi connectivity index (χ1) is 21.2. The van der Waals surface area contributed by atoms with Crippen LogP contribution in [-0.2, 0) is 19.4 Å². The molecule has 2 bridgehead atoms. The summed E-state index contributed by atoms with van der Waals surface area (Å²) in [6, 6.07) is 4.00. The summed E-state index contributed by atoms with van der Waals surface area (Å²) in [5.41, 5.74) is -1.91. The minimum Gasteiger partial charge on any atom is -0.453 e. The highest BCUT2D eigenvalue weighted by atomic mass is 35.5. The van der Waals surface area contributed by atoms with Gasteiger partial charge in [-0.05, 0) is 68.1 Å². The molecule has 0 radical (unpaired) electrons. The number of rotatable bonds is 7. The highest BCUT2D eigenvalue weighted by Crippen LogP contribution is 2.54. The molecule has 2 aromatic rings. The lowest BCUT2D eigenvalue weighted by atomic mass is 9.73. The molecule has 0 spiro atoms. The second-order valence-corrected chi connectivity index (χ2v) is 14.6. The Morgan fingerprint density at radius 1 is 1.11 bits per heavy atom. The number of hydrogen-bond donors (Lipinski definition) is 3. The van der Waals surface area contributed by atoms with Gasteiger partial charge in [0.15, 0.2) is 27.3 Å². The maximum absolute atomic E-state index is 13.9. The molecule has 2 aromatic carbocycles. The van der Waals surface area contributed by atoms with Crippen LogP contribution in [0.1, 0.15) is 49.4 Å². The lowest BCUT2D eigenvalue weighted by molar-refractivity contribution is -0.128. The summed E-state index contributed by atoms with van der Waals surface area (Å²) < 4.78 is 73.1. The summed E-state index contributed by atoms with van der Waals surface area (Å²) in [4.78, 5) is 38.9. The predicted molar refractivity (Wildman–Crippen MR) is 157 cm³/mol. The zero-order valence-electron chi connectivity index (χ0n) is 24.5. The zero-order valence-corrected chi connectivity index (χ0v) is 26.1. The average molecular weight is 672 g/mol. The molecule has 45 heavy (non-hydrogen) atoms. The van der Waals surface area contributed by atoms with Crippen LogP contribution in [0, 0.1) is 35.2 Å². The molecule has 2 saturated carbocycles. The number of aliphatic hydroxyl groups is 1. The highest BCUT2D eigenvalue weighted by Gasteiger charge is 2.58. The first-order valence-corrected chi connectivity index (χ1v) is 16.4. The number of carbonyl (C=O) groups excluding carboxylic acids is 3. The van der Waals surface area contributed by atoms with Crippen molar-refractivity contribution in [3.8, 4) is 0 Å². The summed E-state index contributed by atoms with van der Waals surface area (Å²) in [5, 5.41) is 15.7. The molecule has 1 saturated heterocycles. The van der Waals surface area contributed by atoms with Crippen LogP contribution < -0.4 is 10.6 Å². The van der Waals surface area contributed by atoms with Crippen molar-refractivity contribution in [3.63, 3.8) is 0 Å². The van der Waals surface area contributed by atoms with E-state index in [1.807, 2.05) is 6.92 Å². The maximum atomic E-state index is 13.9. The van der Waals surface area contributed by atoms with Crippen LogP contribution in [0.25, 0.3) is 0 Å². The summed E-state index contributed by atoms with van der Waals surface area (Å²) in [7, 11) is -2.91. The number of carbonyl (C=O) groups is 3. The van der Waals surface area contributed by atoms with Crippen LogP contribution in [-0.4, -0.2) is 73.4 Å². The number of nitrogens with one attached hydrogen (secondary N) is 2. The molecule has 244 valence electrons. The molecule has 3 fully saturated rings. The van der Waals surface area contributed by atoms with Crippen molar-refractivity contribution >= 4 is 45.0 Å². The van der Waals surface area contributed by atoms with E-state index in [1.54, 1.807) is 0 Å². The van der Waals surface area contributed by atoms with E-state index < -0.39 is 73.9 Å². The van der Waals surface area contributed by atoms with E-state index in [0.29, 0.717) is 37.9 Å². The second kappa shape index (κ2) is 12.4. The van der Waals surface area contributed by atoms with Crippen LogP contribution >= 0.6 is 11.6 Å². The summed E-state index contributed by atoms with van der Waals surface area (Å²) in [6.07, 6.45) is 1.16. The molecular weight excluding hydrogens is 639 g/mol. The van der Waals surface area contributed by atoms with Gasteiger partial charge >= 0.3 is 6.09 Å². The fraction of sp³-hybridized carbons (Fsp3) is 0.500. The Kier molecular flexibility index (Phi) is 9.13. The molecule has 3 N–H and O–H groups in total. The number of hydrogen-bond acceptors (Lipinski definition) is 7. The van der Waals surface area contributed by atoms with Crippen molar-refractivity contribution in [3.05, 3.63) is 58.4 Å². The average Bonchev–Trinajstić information content (AvgIpc) is 3.51. The van der Waals surface area contributed by atoms with Crippen molar-refractivity contribution in [1.82, 2.24) is 10.2 Å². The van der Waals surface area contributed by atoms with Crippen molar-refractivity contribution in [1.29, 1.82) is 0 Å². The first kappa shape index (κ1) is 33.0. The number of likely N-dealkylation sites (tertiary alicyclic amines) is 1. The molecule has 2 aliphatic carbocycles. The topological polar surface area (TPSA) is 142 Å². The third-order valence-corrected chi connectivity index (χ3v) is 12.1. The van der Waals surface area contributed by atoms with E-state index in [4.69, 9.17) is 16.3 Å². The van der Waals surface area contributed by atoms with E-state index in [-0.39, 0.29) is 46.5 Å². The number of anilines is 1. The Labute approximate surface area is 263 Å². The molecule has 15 heteroatoms. The van der Waals surface area contributed by atoms with Gasteiger partial charge < -0.3 is 20.5 Å². The van der Waals surface area contributed by atoms with Crippen LogP contribution in [0.15, 0.2) is 35.2 Å². The zero-order chi connectivity index (χ0) is 32.8. The normalized spacial score (nSPS) is 27.7. The van der Waals surface area contributed by atoms with Gasteiger partial charge in [0.1, 0.15) is 6.04 Å². The Hall–Kier alpha value is -3.36. The van der Waals surface area contributed by atoms with Crippen LogP contribution in [0.4, 0.5) is 23.7 Å². The van der Waals surface area contributed by atoms with Gasteiger partial charge in [-0.2, -0.15) is 0 Å². The SMILES string of the molecule is COC(=O)N1CCCC1C(=O)NC[C@@]1(O)C2C[C@@H](S(=O)(=O)c3cc(C(=O)Nc4cc(F)c(F)c(F)c4)ccc3Cl)CC1[C@@H](C)C2. The Balaban J connectivity index is 1.31. The fourth-order valence-electron chi connectivity index (χ4n) is 7.17. The van der Waals surface area contributed by atoms with Gasteiger partial charge in [-0.3, -0.25) is 14.5 Å². The second-order valence-electron chi connectivity index (χ2n) is 12.0. The van der Waals surface area contributed by atoms with Crippen molar-refractivity contribution < 1.29 is 45.8 Å². The highest BCUT2D eigenvalue weighted by molar-refractivity contribution is 7.92. The molecule has 3 aliphatic rings. The number of fused-ring (bicyclic) bond motifs is 2. The van der Waals surface area contributed by atoms with Gasteiger partial charge in [-0.1, -0.05) is 18.5 Å². The van der Waals surface area contributed by atoms with Gasteiger partial charge in [-0.25, -0.2) is 26.4 Å². The number of sulfone groups is 1. The van der Waals surface area contributed by atoms with Gasteiger partial charge in [-0.15, -0.1) is 0 Å². The summed E-state index contributed by atoms with van der Waals surface area (Å²) in [5.74, 6) is -7.04. The number of benzene rings is 2. The smallest absolute Gasteiger partial charge is 0.410 e. The number of amides is 3. The quantitative estimate of drug-likeness (QED) is 0.373. The van der Waals surface area contributed by atoms with Crippen LogP contribution in [0.3, 0.4) is 0 Å². The lowest BCUT2D eigenvalue weighted by Crippen LogP contribution is -2.57. The number of methoxy groups -OCH3 is 1. The Morgan fingerprint density at radius 2 is 1.80 bits per heavy atom. The molecule has 1 heterocycles. The number of nitrogens with zero attached hydrogens (tertiary/aromatic N) is 1. The lowest BCUT2D eigenvalue weighted by Gasteiger charge is -2.43. The molecule has 3 amide bonds. The van der Waals surface area contributed by atoms with Gasteiger partial charge in [0.25, 0.3) is 5.91 Å². The van der Waals surface area contributed by atoms with Crippen LogP contribution in [0.2, 0.25) is 5.02 Å². The fourth-order valence-corrected chi connectivity index (χ4v) is 9.55. The maximum Gasteiger partial charge on any atom is 0.410 e. The monoisotopic (exact) mass is 671 g/mol. The predicted octanol–water partition coefficient (Wildman–Crippen LogP) is 4.30. The van der Waals surface area contributed by atoms with Gasteiger partial charge in [0, 0.05) is 36.5 Å². The largest absolute Gasteiger partial charge is 0.453 e. The first-order valence-electron chi connectivity index (χ1n) is 14.5. The van der Waals surface area contributed by atoms with Crippen molar-refractivity contribution in [2.45, 2.75) is 60.8 Å². The van der Waals surface area contributed by atoms with E-state index in [0.717, 1.165) is 6.07 Å². The minimum absolute atomic E-state index is 0.0563. The van der Waals surface area contributed by atoms with Gasteiger partial charge in [0.05, 0.1) is 27.9 Å². The van der Waals surface area contributed by atoms with Crippen molar-refractivity contribution in [2.24, 2.45) is 17.8 Å². The number of halogens is 4. The molecule has 0 aromatic heterocycles. The Bertz CT molecular complexity index is 1620. The summed E-state index contributed by atoms with van der Waals surface area (Å²) in [6.45, 7) is 2.19. The molecule has 1 aliphatic heterocycles. The third kappa shape index (κ3) is 6.11. The molecular formula is C30H33ClF3N3O7S. The van der Waals surface area contributed by atoms with E-state index >= 15 is 0 Å². The van der Waals surface area contributed by atoms with Gasteiger partial charge in [0.2, 0.25) is 5.91 Å².